The highest BCUT2D eigenvalue weighted by atomic mass is 35.5. The van der Waals surface area contributed by atoms with Crippen LogP contribution in [0.15, 0.2) is 45.6 Å². The summed E-state index contributed by atoms with van der Waals surface area (Å²) in [6, 6.07) is 9.00. The zero-order valence-corrected chi connectivity index (χ0v) is 16.0. The van der Waals surface area contributed by atoms with Gasteiger partial charge in [-0.05, 0) is 30.2 Å². The van der Waals surface area contributed by atoms with Crippen LogP contribution in [-0.4, -0.2) is 15.4 Å². The Bertz CT molecular complexity index is 1110. The molecule has 28 heavy (non-hydrogen) atoms. The van der Waals surface area contributed by atoms with E-state index in [4.69, 9.17) is 27.6 Å². The van der Waals surface area contributed by atoms with Gasteiger partial charge in [-0.25, -0.2) is 4.79 Å². The standard InChI is InChI=1S/C18H15Cl2N3O5/c19-12-4-3-11(14(20)8-12)10-21-17(24)2-1-7-22-15-6-5-13(23(26)27)9-16(15)28-18(22)25/h3-6,8-9H,1-2,7,10H2,(H,21,24). The van der Waals surface area contributed by atoms with Gasteiger partial charge in [0, 0.05) is 35.6 Å². The van der Waals surface area contributed by atoms with Gasteiger partial charge in [0.05, 0.1) is 16.5 Å². The first-order valence-corrected chi connectivity index (χ1v) is 9.09. The fraction of sp³-hybridized carbons (Fsp3) is 0.222. The Morgan fingerprint density at radius 2 is 2.00 bits per heavy atom. The maximum atomic E-state index is 12.0. The van der Waals surface area contributed by atoms with E-state index < -0.39 is 10.7 Å². The van der Waals surface area contributed by atoms with Gasteiger partial charge in [-0.15, -0.1) is 0 Å². The molecule has 3 aromatic rings. The van der Waals surface area contributed by atoms with Crippen LogP contribution < -0.4 is 11.1 Å². The Hall–Kier alpha value is -2.84. The highest BCUT2D eigenvalue weighted by Gasteiger charge is 2.14. The number of nitrogens with one attached hydrogen (secondary N) is 1. The number of nitrogens with zero attached hydrogens (tertiary/aromatic N) is 2. The van der Waals surface area contributed by atoms with Crippen molar-refractivity contribution >= 4 is 45.9 Å². The predicted octanol–water partition coefficient (Wildman–Crippen LogP) is 3.91. The Kier molecular flexibility index (Phi) is 6.01. The lowest BCUT2D eigenvalue weighted by Gasteiger charge is -2.07. The lowest BCUT2D eigenvalue weighted by atomic mass is 10.2. The van der Waals surface area contributed by atoms with E-state index in [9.17, 15) is 19.7 Å². The molecule has 1 amide bonds. The molecule has 0 atom stereocenters. The quantitative estimate of drug-likeness (QED) is 0.457. The van der Waals surface area contributed by atoms with E-state index in [1.54, 1.807) is 18.2 Å². The highest BCUT2D eigenvalue weighted by molar-refractivity contribution is 6.35. The maximum Gasteiger partial charge on any atom is 0.419 e. The molecule has 10 heteroatoms. The van der Waals surface area contributed by atoms with Crippen molar-refractivity contribution in [1.82, 2.24) is 9.88 Å². The molecule has 0 unspecified atom stereocenters. The summed E-state index contributed by atoms with van der Waals surface area (Å²) in [7, 11) is 0. The number of nitro benzene ring substituents is 1. The zero-order chi connectivity index (χ0) is 20.3. The molecule has 0 bridgehead atoms. The van der Waals surface area contributed by atoms with Crippen LogP contribution in [0.3, 0.4) is 0 Å². The molecule has 0 saturated heterocycles. The molecule has 0 aliphatic heterocycles. The number of carbonyl (C=O) groups excluding carboxylic acids is 1. The molecule has 0 aliphatic carbocycles. The first-order valence-electron chi connectivity index (χ1n) is 8.33. The van der Waals surface area contributed by atoms with Gasteiger partial charge in [0.1, 0.15) is 0 Å². The summed E-state index contributed by atoms with van der Waals surface area (Å²) < 4.78 is 6.40. The molecule has 146 valence electrons. The lowest BCUT2D eigenvalue weighted by Crippen LogP contribution is -2.23. The average molecular weight is 424 g/mol. The SMILES string of the molecule is O=C(CCCn1c(=O)oc2cc([N+](=O)[O-])ccc21)NCc1ccc(Cl)cc1Cl. The lowest BCUT2D eigenvalue weighted by molar-refractivity contribution is -0.384. The van der Waals surface area contributed by atoms with Gasteiger partial charge in [-0.3, -0.25) is 19.5 Å². The molecule has 0 fully saturated rings. The molecule has 1 aromatic heterocycles. The van der Waals surface area contributed by atoms with Gasteiger partial charge in [0.2, 0.25) is 5.91 Å². The van der Waals surface area contributed by atoms with Crippen LogP contribution in [0.25, 0.3) is 11.1 Å². The first kappa shape index (κ1) is 19.9. The van der Waals surface area contributed by atoms with E-state index in [1.807, 2.05) is 0 Å². The van der Waals surface area contributed by atoms with Crippen molar-refractivity contribution in [1.29, 1.82) is 0 Å². The van der Waals surface area contributed by atoms with Gasteiger partial charge >= 0.3 is 5.76 Å². The fourth-order valence-electron chi connectivity index (χ4n) is 2.73. The van der Waals surface area contributed by atoms with Crippen LogP contribution in [-0.2, 0) is 17.9 Å². The van der Waals surface area contributed by atoms with E-state index in [-0.39, 0.29) is 36.7 Å². The number of amides is 1. The number of carbonyl (C=O) groups is 1. The molecule has 0 radical (unpaired) electrons. The van der Waals surface area contributed by atoms with E-state index in [0.29, 0.717) is 22.0 Å². The van der Waals surface area contributed by atoms with Crippen molar-refractivity contribution in [3.8, 4) is 0 Å². The Labute approximate surface area is 168 Å². The van der Waals surface area contributed by atoms with Crippen LogP contribution in [0.1, 0.15) is 18.4 Å². The first-order chi connectivity index (χ1) is 13.3. The third-order valence-corrected chi connectivity index (χ3v) is 4.73. The summed E-state index contributed by atoms with van der Waals surface area (Å²) in [5.74, 6) is -0.814. The fourth-order valence-corrected chi connectivity index (χ4v) is 3.20. The molecular weight excluding hydrogens is 409 g/mol. The summed E-state index contributed by atoms with van der Waals surface area (Å²) >= 11 is 11.9. The monoisotopic (exact) mass is 423 g/mol. The van der Waals surface area contributed by atoms with Crippen LogP contribution in [0.2, 0.25) is 10.0 Å². The number of nitro groups is 1. The maximum absolute atomic E-state index is 12.0. The van der Waals surface area contributed by atoms with E-state index >= 15 is 0 Å². The number of hydrogen-bond acceptors (Lipinski definition) is 5. The molecule has 3 rings (SSSR count). The summed E-state index contributed by atoms with van der Waals surface area (Å²) in [6.07, 6.45) is 0.586. The van der Waals surface area contributed by atoms with E-state index in [0.717, 1.165) is 5.56 Å². The molecule has 2 aromatic carbocycles. The number of fused-ring (bicyclic) bond motifs is 1. The third-order valence-electron chi connectivity index (χ3n) is 4.14. The second kappa shape index (κ2) is 8.45. The van der Waals surface area contributed by atoms with Gasteiger partial charge < -0.3 is 9.73 Å². The minimum Gasteiger partial charge on any atom is -0.407 e. The molecule has 8 nitrogen and oxygen atoms in total. The molecule has 0 aliphatic rings. The molecule has 0 saturated carbocycles. The number of benzene rings is 2. The van der Waals surface area contributed by atoms with Gasteiger partial charge in [0.15, 0.2) is 5.58 Å². The smallest absolute Gasteiger partial charge is 0.407 e. The van der Waals surface area contributed by atoms with Crippen LogP contribution in [0.4, 0.5) is 5.69 Å². The molecular formula is C18H15Cl2N3O5. The number of non-ortho nitro benzene ring substituents is 1. The van der Waals surface area contributed by atoms with Crippen molar-refractivity contribution in [3.63, 3.8) is 0 Å². The van der Waals surface area contributed by atoms with Crippen molar-refractivity contribution in [2.24, 2.45) is 0 Å². The van der Waals surface area contributed by atoms with Crippen LogP contribution in [0, 0.1) is 10.1 Å². The number of hydrogen-bond donors (Lipinski definition) is 1. The number of oxazole rings is 1. The Morgan fingerprint density at radius 3 is 2.71 bits per heavy atom. The number of halogens is 2. The van der Waals surface area contributed by atoms with Crippen molar-refractivity contribution in [3.05, 3.63) is 72.7 Å². The van der Waals surface area contributed by atoms with Gasteiger partial charge in [-0.2, -0.15) is 0 Å². The Balaban J connectivity index is 1.57. The topological polar surface area (TPSA) is 107 Å². The summed E-state index contributed by atoms with van der Waals surface area (Å²) in [5, 5.41) is 14.6. The van der Waals surface area contributed by atoms with Crippen LogP contribution >= 0.6 is 23.2 Å². The molecule has 0 spiro atoms. The zero-order valence-electron chi connectivity index (χ0n) is 14.5. The molecule has 1 N–H and O–H groups in total. The van der Waals surface area contributed by atoms with E-state index in [2.05, 4.69) is 5.32 Å². The van der Waals surface area contributed by atoms with E-state index in [1.165, 1.54) is 22.8 Å². The Morgan fingerprint density at radius 1 is 1.21 bits per heavy atom. The average Bonchev–Trinajstić information content (AvgIpc) is 2.95. The summed E-state index contributed by atoms with van der Waals surface area (Å²) in [6.45, 7) is 0.520. The summed E-state index contributed by atoms with van der Waals surface area (Å²) in [5.41, 5.74) is 1.18. The van der Waals surface area contributed by atoms with Gasteiger partial charge in [0.25, 0.3) is 5.69 Å². The van der Waals surface area contributed by atoms with Crippen molar-refractivity contribution in [2.45, 2.75) is 25.9 Å². The normalized spacial score (nSPS) is 10.9. The minimum atomic E-state index is -0.621. The van der Waals surface area contributed by atoms with Gasteiger partial charge in [-0.1, -0.05) is 29.3 Å². The second-order valence-corrected chi connectivity index (χ2v) is 6.89. The molecule has 1 heterocycles. The van der Waals surface area contributed by atoms with Crippen molar-refractivity contribution < 1.29 is 14.1 Å². The largest absolute Gasteiger partial charge is 0.419 e. The number of aryl methyl sites for hydroxylation is 1. The number of rotatable bonds is 7. The third kappa shape index (κ3) is 4.52. The summed E-state index contributed by atoms with van der Waals surface area (Å²) in [4.78, 5) is 34.2. The van der Waals surface area contributed by atoms with Crippen LogP contribution in [0.5, 0.6) is 0 Å². The van der Waals surface area contributed by atoms with Crippen molar-refractivity contribution in [2.75, 3.05) is 0 Å². The number of aromatic nitrogens is 1. The predicted molar refractivity (Wildman–Crippen MR) is 105 cm³/mol. The highest BCUT2D eigenvalue weighted by Crippen LogP contribution is 2.21. The second-order valence-electron chi connectivity index (χ2n) is 6.04. The minimum absolute atomic E-state index is 0.140.